The van der Waals surface area contributed by atoms with E-state index in [1.54, 1.807) is 30.7 Å². The molecular formula is C23H26N4O3. The summed E-state index contributed by atoms with van der Waals surface area (Å²) in [6, 6.07) is 12.1. The fraction of sp³-hybridized carbons (Fsp3) is 0.261. The molecule has 1 unspecified atom stereocenters. The Hall–Kier alpha value is -3.45. The van der Waals surface area contributed by atoms with Crippen molar-refractivity contribution in [1.29, 1.82) is 0 Å². The number of aromatic hydroxyl groups is 1. The molecule has 7 nitrogen and oxygen atoms in total. The standard InChI is InChI=1S/C23H26N4O3/c1-30-21-14-19(6-7-20(21)28)22(26-12-8-17-4-2-10-24-15-17)23(29)27-13-9-18-5-3-11-25-16-18/h2-7,10-11,14-16,22,26,28H,8-9,12-13H2,1H3,(H,27,29). The van der Waals surface area contributed by atoms with Crippen LogP contribution in [0.4, 0.5) is 0 Å². The van der Waals surface area contributed by atoms with E-state index in [-0.39, 0.29) is 11.7 Å². The van der Waals surface area contributed by atoms with Gasteiger partial charge >= 0.3 is 0 Å². The molecular weight excluding hydrogens is 380 g/mol. The van der Waals surface area contributed by atoms with E-state index in [9.17, 15) is 9.90 Å². The average molecular weight is 406 g/mol. The lowest BCUT2D eigenvalue weighted by atomic mass is 10.0. The molecule has 3 aromatic rings. The zero-order chi connectivity index (χ0) is 21.2. The molecule has 0 saturated heterocycles. The molecule has 3 rings (SSSR count). The third-order valence-corrected chi connectivity index (χ3v) is 4.72. The number of methoxy groups -OCH3 is 1. The number of nitrogens with zero attached hydrogens (tertiary/aromatic N) is 2. The number of amides is 1. The maximum Gasteiger partial charge on any atom is 0.241 e. The number of nitrogens with one attached hydrogen (secondary N) is 2. The predicted molar refractivity (Wildman–Crippen MR) is 114 cm³/mol. The topological polar surface area (TPSA) is 96.4 Å². The van der Waals surface area contributed by atoms with E-state index in [1.165, 1.54) is 13.2 Å². The minimum Gasteiger partial charge on any atom is -0.504 e. The third-order valence-electron chi connectivity index (χ3n) is 4.72. The highest BCUT2D eigenvalue weighted by Crippen LogP contribution is 2.29. The molecule has 7 heteroatoms. The maximum absolute atomic E-state index is 13.0. The highest BCUT2D eigenvalue weighted by Gasteiger charge is 2.21. The van der Waals surface area contributed by atoms with Crippen LogP contribution < -0.4 is 15.4 Å². The molecule has 0 aliphatic heterocycles. The second-order valence-electron chi connectivity index (χ2n) is 6.83. The molecule has 0 spiro atoms. The summed E-state index contributed by atoms with van der Waals surface area (Å²) >= 11 is 0. The molecule has 0 bridgehead atoms. The Labute approximate surface area is 176 Å². The highest BCUT2D eigenvalue weighted by molar-refractivity contribution is 5.83. The third kappa shape index (κ3) is 6.02. The van der Waals surface area contributed by atoms with Crippen LogP contribution in [-0.2, 0) is 17.6 Å². The van der Waals surface area contributed by atoms with Gasteiger partial charge in [0.25, 0.3) is 0 Å². The molecule has 1 amide bonds. The van der Waals surface area contributed by atoms with Gasteiger partial charge in [-0.1, -0.05) is 18.2 Å². The lowest BCUT2D eigenvalue weighted by molar-refractivity contribution is -0.123. The highest BCUT2D eigenvalue weighted by atomic mass is 16.5. The van der Waals surface area contributed by atoms with Crippen molar-refractivity contribution in [3.8, 4) is 11.5 Å². The second kappa shape index (κ2) is 10.9. The van der Waals surface area contributed by atoms with Crippen LogP contribution in [0.15, 0.2) is 67.3 Å². The van der Waals surface area contributed by atoms with Crippen LogP contribution in [-0.4, -0.2) is 41.2 Å². The molecule has 0 radical (unpaired) electrons. The van der Waals surface area contributed by atoms with Gasteiger partial charge in [0.15, 0.2) is 11.5 Å². The van der Waals surface area contributed by atoms with Gasteiger partial charge < -0.3 is 20.5 Å². The first kappa shape index (κ1) is 21.3. The van der Waals surface area contributed by atoms with Crippen molar-refractivity contribution in [2.45, 2.75) is 18.9 Å². The number of pyridine rings is 2. The van der Waals surface area contributed by atoms with Crippen molar-refractivity contribution >= 4 is 5.91 Å². The molecule has 2 aromatic heterocycles. The van der Waals surface area contributed by atoms with Crippen LogP contribution in [0.2, 0.25) is 0 Å². The first-order chi connectivity index (χ1) is 14.7. The number of carbonyl (C=O) groups is 1. The van der Waals surface area contributed by atoms with Gasteiger partial charge in [0.1, 0.15) is 6.04 Å². The van der Waals surface area contributed by atoms with Crippen LogP contribution in [0.1, 0.15) is 22.7 Å². The van der Waals surface area contributed by atoms with E-state index in [0.29, 0.717) is 25.3 Å². The number of carbonyl (C=O) groups excluding carboxylic acids is 1. The van der Waals surface area contributed by atoms with Crippen molar-refractivity contribution in [1.82, 2.24) is 20.6 Å². The SMILES string of the molecule is COc1cc(C(NCCc2cccnc2)C(=O)NCCc2cccnc2)ccc1O. The van der Waals surface area contributed by atoms with Gasteiger partial charge in [0.05, 0.1) is 7.11 Å². The molecule has 1 atom stereocenters. The van der Waals surface area contributed by atoms with Crippen molar-refractivity contribution < 1.29 is 14.6 Å². The van der Waals surface area contributed by atoms with Crippen LogP contribution in [0, 0.1) is 0 Å². The Kier molecular flexibility index (Phi) is 7.74. The molecule has 30 heavy (non-hydrogen) atoms. The Bertz CT molecular complexity index is 936. The minimum absolute atomic E-state index is 0.0346. The Morgan fingerprint density at radius 1 is 1.03 bits per heavy atom. The fourth-order valence-electron chi connectivity index (χ4n) is 3.12. The quantitative estimate of drug-likeness (QED) is 0.479. The van der Waals surface area contributed by atoms with E-state index < -0.39 is 6.04 Å². The van der Waals surface area contributed by atoms with E-state index in [4.69, 9.17) is 4.74 Å². The predicted octanol–water partition coefficient (Wildman–Crippen LogP) is 2.42. The van der Waals surface area contributed by atoms with Crippen LogP contribution >= 0.6 is 0 Å². The largest absolute Gasteiger partial charge is 0.504 e. The molecule has 156 valence electrons. The molecule has 0 aliphatic rings. The number of benzene rings is 1. The number of ether oxygens (including phenoxy) is 1. The van der Waals surface area contributed by atoms with Crippen LogP contribution in [0.25, 0.3) is 0 Å². The van der Waals surface area contributed by atoms with E-state index >= 15 is 0 Å². The van der Waals surface area contributed by atoms with E-state index in [1.807, 2.05) is 30.5 Å². The normalized spacial score (nSPS) is 11.6. The number of phenolic OH excluding ortho intramolecular Hbond substituents is 1. The first-order valence-electron chi connectivity index (χ1n) is 9.83. The Morgan fingerprint density at radius 2 is 1.70 bits per heavy atom. The second-order valence-corrected chi connectivity index (χ2v) is 6.83. The molecule has 2 heterocycles. The molecule has 0 fully saturated rings. The summed E-state index contributed by atoms with van der Waals surface area (Å²) in [6.45, 7) is 1.09. The van der Waals surface area contributed by atoms with Gasteiger partial charge in [-0.15, -0.1) is 0 Å². The lowest BCUT2D eigenvalue weighted by Crippen LogP contribution is -2.39. The smallest absolute Gasteiger partial charge is 0.241 e. The number of rotatable bonds is 10. The average Bonchev–Trinajstić information content (AvgIpc) is 2.78. The molecule has 0 saturated carbocycles. The van der Waals surface area contributed by atoms with Gasteiger partial charge in [0, 0.05) is 37.9 Å². The summed E-state index contributed by atoms with van der Waals surface area (Å²) in [6.07, 6.45) is 8.50. The zero-order valence-electron chi connectivity index (χ0n) is 16.9. The number of hydrogen-bond acceptors (Lipinski definition) is 6. The first-order valence-corrected chi connectivity index (χ1v) is 9.83. The summed E-state index contributed by atoms with van der Waals surface area (Å²) in [7, 11) is 1.48. The summed E-state index contributed by atoms with van der Waals surface area (Å²) < 4.78 is 5.20. The summed E-state index contributed by atoms with van der Waals surface area (Å²) in [5, 5.41) is 16.2. The van der Waals surface area contributed by atoms with Gasteiger partial charge in [-0.05, 0) is 53.8 Å². The number of aromatic nitrogens is 2. The fourth-order valence-corrected chi connectivity index (χ4v) is 3.12. The van der Waals surface area contributed by atoms with E-state index in [0.717, 1.165) is 23.1 Å². The van der Waals surface area contributed by atoms with Gasteiger partial charge in [-0.3, -0.25) is 14.8 Å². The van der Waals surface area contributed by atoms with Gasteiger partial charge in [0.2, 0.25) is 5.91 Å². The summed E-state index contributed by atoms with van der Waals surface area (Å²) in [5.41, 5.74) is 2.86. The number of phenols is 1. The monoisotopic (exact) mass is 406 g/mol. The summed E-state index contributed by atoms with van der Waals surface area (Å²) in [4.78, 5) is 21.2. The van der Waals surface area contributed by atoms with Gasteiger partial charge in [-0.25, -0.2) is 0 Å². The van der Waals surface area contributed by atoms with Crippen LogP contribution in [0.3, 0.4) is 0 Å². The molecule has 0 aliphatic carbocycles. The van der Waals surface area contributed by atoms with Crippen molar-refractivity contribution in [2.75, 3.05) is 20.2 Å². The lowest BCUT2D eigenvalue weighted by Gasteiger charge is -2.20. The van der Waals surface area contributed by atoms with Crippen molar-refractivity contribution in [3.63, 3.8) is 0 Å². The molecule has 3 N–H and O–H groups in total. The molecule has 1 aromatic carbocycles. The van der Waals surface area contributed by atoms with Crippen molar-refractivity contribution in [2.24, 2.45) is 0 Å². The van der Waals surface area contributed by atoms with Crippen molar-refractivity contribution in [3.05, 3.63) is 83.9 Å². The maximum atomic E-state index is 13.0. The Balaban J connectivity index is 1.66. The number of hydrogen-bond donors (Lipinski definition) is 3. The zero-order valence-corrected chi connectivity index (χ0v) is 16.9. The van der Waals surface area contributed by atoms with Crippen LogP contribution in [0.5, 0.6) is 11.5 Å². The minimum atomic E-state index is -0.579. The summed E-state index contributed by atoms with van der Waals surface area (Å²) in [5.74, 6) is 0.222. The van der Waals surface area contributed by atoms with Gasteiger partial charge in [-0.2, -0.15) is 0 Å². The Morgan fingerprint density at radius 3 is 2.30 bits per heavy atom. The van der Waals surface area contributed by atoms with E-state index in [2.05, 4.69) is 20.6 Å².